The number of benzene rings is 1. The Morgan fingerprint density at radius 2 is 2.11 bits per heavy atom. The van der Waals surface area contributed by atoms with Crippen LogP contribution in [-0.4, -0.2) is 27.4 Å². The number of nitrogens with zero attached hydrogens (tertiary/aromatic N) is 3. The van der Waals surface area contributed by atoms with Crippen molar-refractivity contribution in [1.29, 1.82) is 0 Å². The lowest BCUT2D eigenvalue weighted by molar-refractivity contribution is 0.0934. The number of para-hydroxylation sites is 1. The molecule has 1 N–H and O–H groups in total. The summed E-state index contributed by atoms with van der Waals surface area (Å²) in [6, 6.07) is 9.63. The number of hydrogen-bond donors (Lipinski definition) is 1. The van der Waals surface area contributed by atoms with Gasteiger partial charge in [-0.25, -0.2) is 4.68 Å². The van der Waals surface area contributed by atoms with Gasteiger partial charge in [-0.05, 0) is 30.9 Å². The van der Waals surface area contributed by atoms with Crippen molar-refractivity contribution in [3.8, 4) is 5.69 Å². The van der Waals surface area contributed by atoms with Crippen LogP contribution in [0, 0.1) is 5.92 Å². The van der Waals surface area contributed by atoms with Gasteiger partial charge in [-0.1, -0.05) is 29.8 Å². The van der Waals surface area contributed by atoms with Crippen LogP contribution in [0.5, 0.6) is 0 Å². The van der Waals surface area contributed by atoms with Crippen LogP contribution >= 0.6 is 0 Å². The smallest absolute Gasteiger partial charge is 0.273 e. The second-order valence-corrected chi connectivity index (χ2v) is 4.89. The molecule has 0 aliphatic heterocycles. The van der Waals surface area contributed by atoms with Crippen molar-refractivity contribution < 1.29 is 4.79 Å². The monoisotopic (exact) mass is 256 g/mol. The molecule has 1 saturated carbocycles. The molecule has 3 rings (SSSR count). The summed E-state index contributed by atoms with van der Waals surface area (Å²) in [7, 11) is 0. The Hall–Kier alpha value is -2.17. The van der Waals surface area contributed by atoms with E-state index >= 15 is 0 Å². The van der Waals surface area contributed by atoms with Gasteiger partial charge in [0.05, 0.1) is 11.9 Å². The molecule has 1 aliphatic rings. The van der Waals surface area contributed by atoms with Gasteiger partial charge in [0.25, 0.3) is 5.91 Å². The van der Waals surface area contributed by atoms with Crippen molar-refractivity contribution in [2.45, 2.75) is 19.3 Å². The third kappa shape index (κ3) is 2.65. The third-order valence-corrected chi connectivity index (χ3v) is 3.52. The highest BCUT2D eigenvalue weighted by atomic mass is 16.2. The van der Waals surface area contributed by atoms with E-state index in [1.165, 1.54) is 19.3 Å². The highest BCUT2D eigenvalue weighted by Gasteiger charge is 2.19. The normalized spacial score (nSPS) is 14.9. The highest BCUT2D eigenvalue weighted by Crippen LogP contribution is 2.25. The molecule has 0 bridgehead atoms. The number of hydrogen-bond acceptors (Lipinski definition) is 3. The van der Waals surface area contributed by atoms with Crippen LogP contribution < -0.4 is 5.32 Å². The summed E-state index contributed by atoms with van der Waals surface area (Å²) < 4.78 is 1.61. The topological polar surface area (TPSA) is 59.8 Å². The average Bonchev–Trinajstić information content (AvgIpc) is 2.87. The molecule has 5 heteroatoms. The van der Waals surface area contributed by atoms with E-state index in [4.69, 9.17) is 0 Å². The Morgan fingerprint density at radius 1 is 1.32 bits per heavy atom. The van der Waals surface area contributed by atoms with Crippen LogP contribution in [0.3, 0.4) is 0 Å². The molecule has 0 unspecified atom stereocenters. The fourth-order valence-corrected chi connectivity index (χ4v) is 2.10. The van der Waals surface area contributed by atoms with E-state index in [0.717, 1.165) is 12.2 Å². The molecule has 1 fully saturated rings. The summed E-state index contributed by atoms with van der Waals surface area (Å²) in [5.41, 5.74) is 1.26. The highest BCUT2D eigenvalue weighted by molar-refractivity contribution is 5.91. The number of carbonyl (C=O) groups excluding carboxylic acids is 1. The van der Waals surface area contributed by atoms with Crippen molar-refractivity contribution in [1.82, 2.24) is 20.3 Å². The van der Waals surface area contributed by atoms with Crippen molar-refractivity contribution in [2.75, 3.05) is 6.54 Å². The van der Waals surface area contributed by atoms with Crippen LogP contribution in [0.15, 0.2) is 36.5 Å². The first kappa shape index (κ1) is 11.9. The number of rotatable bonds is 4. The van der Waals surface area contributed by atoms with Gasteiger partial charge in [0.2, 0.25) is 0 Å². The number of carbonyl (C=O) groups is 1. The average molecular weight is 256 g/mol. The maximum atomic E-state index is 11.9. The Labute approximate surface area is 111 Å². The Kier molecular flexibility index (Phi) is 3.27. The predicted octanol–water partition coefficient (Wildman–Crippen LogP) is 1.80. The van der Waals surface area contributed by atoms with E-state index in [0.29, 0.717) is 11.6 Å². The van der Waals surface area contributed by atoms with Gasteiger partial charge in [-0.3, -0.25) is 4.79 Å². The van der Waals surface area contributed by atoms with Crippen molar-refractivity contribution in [3.63, 3.8) is 0 Å². The Bertz CT molecular complexity index is 560. The molecular formula is C14H16N4O. The molecule has 98 valence electrons. The molecule has 1 aromatic heterocycles. The summed E-state index contributed by atoms with van der Waals surface area (Å²) in [4.78, 5) is 11.9. The van der Waals surface area contributed by atoms with Crippen molar-refractivity contribution in [2.24, 2.45) is 5.92 Å². The van der Waals surface area contributed by atoms with Gasteiger partial charge in [0, 0.05) is 6.54 Å². The van der Waals surface area contributed by atoms with Crippen LogP contribution in [-0.2, 0) is 0 Å². The van der Waals surface area contributed by atoms with E-state index in [1.54, 1.807) is 10.9 Å². The van der Waals surface area contributed by atoms with Crippen LogP contribution in [0.25, 0.3) is 5.69 Å². The van der Waals surface area contributed by atoms with Gasteiger partial charge in [-0.2, -0.15) is 0 Å². The summed E-state index contributed by atoms with van der Waals surface area (Å²) in [6.07, 6.45) is 5.38. The summed E-state index contributed by atoms with van der Waals surface area (Å²) >= 11 is 0. The summed E-state index contributed by atoms with van der Waals surface area (Å²) in [6.45, 7) is 0.747. The maximum Gasteiger partial charge on any atom is 0.273 e. The van der Waals surface area contributed by atoms with Gasteiger partial charge in [0.1, 0.15) is 0 Å². The fourth-order valence-electron chi connectivity index (χ4n) is 2.10. The Morgan fingerprint density at radius 3 is 2.79 bits per heavy atom. The Balaban J connectivity index is 1.65. The third-order valence-electron chi connectivity index (χ3n) is 3.52. The van der Waals surface area contributed by atoms with E-state index in [9.17, 15) is 4.79 Å². The molecule has 0 radical (unpaired) electrons. The summed E-state index contributed by atoms with van der Waals surface area (Å²) in [5.74, 6) is 0.502. The molecular weight excluding hydrogens is 240 g/mol. The van der Waals surface area contributed by atoms with E-state index in [1.807, 2.05) is 30.3 Å². The molecule has 1 aliphatic carbocycles. The largest absolute Gasteiger partial charge is 0.350 e. The lowest BCUT2D eigenvalue weighted by Crippen LogP contribution is -2.32. The predicted molar refractivity (Wildman–Crippen MR) is 71.0 cm³/mol. The number of amides is 1. The van der Waals surface area contributed by atoms with Crippen LogP contribution in [0.2, 0.25) is 0 Å². The second-order valence-electron chi connectivity index (χ2n) is 4.89. The molecule has 1 amide bonds. The minimum atomic E-state index is -0.144. The van der Waals surface area contributed by atoms with Gasteiger partial charge in [-0.15, -0.1) is 5.10 Å². The van der Waals surface area contributed by atoms with Crippen molar-refractivity contribution in [3.05, 3.63) is 42.2 Å². The molecule has 0 spiro atoms. The first-order chi connectivity index (χ1) is 9.33. The maximum absolute atomic E-state index is 11.9. The first-order valence-corrected chi connectivity index (χ1v) is 6.59. The number of nitrogens with one attached hydrogen (secondary N) is 1. The number of aromatic nitrogens is 3. The molecule has 2 aromatic rings. The lowest BCUT2D eigenvalue weighted by atomic mass is 9.85. The van der Waals surface area contributed by atoms with Crippen LogP contribution in [0.1, 0.15) is 29.8 Å². The minimum absolute atomic E-state index is 0.144. The lowest BCUT2D eigenvalue weighted by Gasteiger charge is -2.25. The molecule has 5 nitrogen and oxygen atoms in total. The van der Waals surface area contributed by atoms with E-state index in [-0.39, 0.29) is 5.91 Å². The zero-order chi connectivity index (χ0) is 13.1. The summed E-state index contributed by atoms with van der Waals surface area (Å²) in [5, 5.41) is 10.8. The standard InChI is InChI=1S/C14H16N4O/c19-14(15-9-11-5-4-6-11)13-10-18(17-16-13)12-7-2-1-3-8-12/h1-3,7-8,10-11H,4-6,9H2,(H,15,19). The van der Waals surface area contributed by atoms with Gasteiger partial charge >= 0.3 is 0 Å². The quantitative estimate of drug-likeness (QED) is 0.907. The second kappa shape index (κ2) is 5.22. The molecule has 19 heavy (non-hydrogen) atoms. The molecule has 1 aromatic carbocycles. The van der Waals surface area contributed by atoms with E-state index in [2.05, 4.69) is 15.6 Å². The molecule has 1 heterocycles. The molecule has 0 saturated heterocycles. The van der Waals surface area contributed by atoms with Crippen LogP contribution in [0.4, 0.5) is 0 Å². The van der Waals surface area contributed by atoms with E-state index < -0.39 is 0 Å². The minimum Gasteiger partial charge on any atom is -0.350 e. The van der Waals surface area contributed by atoms with Gasteiger partial charge in [0.15, 0.2) is 5.69 Å². The fraction of sp³-hybridized carbons (Fsp3) is 0.357. The SMILES string of the molecule is O=C(NCC1CCC1)c1cn(-c2ccccc2)nn1. The zero-order valence-electron chi connectivity index (χ0n) is 10.6. The first-order valence-electron chi connectivity index (χ1n) is 6.59. The van der Waals surface area contributed by atoms with Gasteiger partial charge < -0.3 is 5.32 Å². The van der Waals surface area contributed by atoms with Crippen molar-refractivity contribution >= 4 is 5.91 Å². The zero-order valence-corrected chi connectivity index (χ0v) is 10.6. The molecule has 0 atom stereocenters.